The molecule has 22 heavy (non-hydrogen) atoms. The third-order valence-corrected chi connectivity index (χ3v) is 2.74. The van der Waals surface area contributed by atoms with Crippen molar-refractivity contribution in [3.63, 3.8) is 0 Å². The molecule has 0 spiro atoms. The fourth-order valence-electron chi connectivity index (χ4n) is 1.85. The lowest BCUT2D eigenvalue weighted by molar-refractivity contribution is -0.204. The van der Waals surface area contributed by atoms with Gasteiger partial charge in [0.15, 0.2) is 0 Å². The Morgan fingerprint density at radius 1 is 1.09 bits per heavy atom. The average molecular weight is 339 g/mol. The first-order valence-corrected chi connectivity index (χ1v) is 5.61. The van der Waals surface area contributed by atoms with Gasteiger partial charge in [-0.05, 0) is 0 Å². The number of carbonyl (C=O) groups excluding carboxylic acids is 3. The number of alkyl halides is 6. The van der Waals surface area contributed by atoms with Crippen LogP contribution in [0.3, 0.4) is 0 Å². The molecule has 1 fully saturated rings. The van der Waals surface area contributed by atoms with Crippen LogP contribution in [-0.2, 0) is 23.9 Å². The maximum atomic E-state index is 12.4. The number of hydrogen-bond donors (Lipinski definition) is 0. The molecule has 0 aromatic carbocycles. The van der Waals surface area contributed by atoms with Crippen molar-refractivity contribution in [2.45, 2.75) is 30.9 Å². The Kier molecular flexibility index (Phi) is 4.92. The van der Waals surface area contributed by atoms with Gasteiger partial charge >= 0.3 is 30.2 Å². The monoisotopic (exact) mass is 339 g/mol. The number of likely N-dealkylation sites (tertiary alicyclic amines) is 1. The van der Waals surface area contributed by atoms with Crippen LogP contribution < -0.4 is 0 Å². The second kappa shape index (κ2) is 6.01. The molecule has 0 bridgehead atoms. The van der Waals surface area contributed by atoms with E-state index in [1.807, 2.05) is 0 Å². The topological polar surface area (TPSA) is 72.9 Å². The second-order valence-electron chi connectivity index (χ2n) is 4.26. The van der Waals surface area contributed by atoms with Crippen LogP contribution in [0.25, 0.3) is 0 Å². The van der Waals surface area contributed by atoms with Gasteiger partial charge in [0.1, 0.15) is 12.1 Å². The van der Waals surface area contributed by atoms with E-state index in [0.29, 0.717) is 0 Å². The number of carbonyl (C=O) groups is 3. The van der Waals surface area contributed by atoms with Crippen LogP contribution in [-0.4, -0.2) is 60.9 Å². The maximum Gasteiger partial charge on any atom is 0.490 e. The predicted octanol–water partition coefficient (Wildman–Crippen LogP) is 0.797. The predicted molar refractivity (Wildman–Crippen MR) is 54.1 cm³/mol. The van der Waals surface area contributed by atoms with E-state index in [1.165, 1.54) is 0 Å². The Balaban J connectivity index is 2.90. The first kappa shape index (κ1) is 18.0. The molecule has 1 heterocycles. The minimum absolute atomic E-state index is 0.0276. The summed E-state index contributed by atoms with van der Waals surface area (Å²) in [6.45, 7) is -1.00. The van der Waals surface area contributed by atoms with Crippen molar-refractivity contribution in [2.24, 2.45) is 0 Å². The van der Waals surface area contributed by atoms with Crippen molar-refractivity contribution in [3.05, 3.63) is 0 Å². The zero-order chi connectivity index (χ0) is 17.3. The highest BCUT2D eigenvalue weighted by molar-refractivity contribution is 5.88. The summed E-state index contributed by atoms with van der Waals surface area (Å²) < 4.78 is 81.4. The van der Waals surface area contributed by atoms with Gasteiger partial charge in [0.05, 0.1) is 13.7 Å². The van der Waals surface area contributed by atoms with E-state index in [4.69, 9.17) is 0 Å². The van der Waals surface area contributed by atoms with Gasteiger partial charge < -0.3 is 14.4 Å². The number of halogens is 6. The van der Waals surface area contributed by atoms with E-state index in [0.717, 1.165) is 7.11 Å². The molecular weight excluding hydrogens is 330 g/mol. The van der Waals surface area contributed by atoms with E-state index in [-0.39, 0.29) is 4.90 Å². The standard InChI is InChI=1S/C10H9F6NO5/c1-21-6(18)5-2-4(22-8(20)10(14,15)16)3-17(5)7(19)9(11,12)13/h4-5H,2-3H2,1H3/t4?,5-/m0/s1/i22+2. The van der Waals surface area contributed by atoms with Crippen LogP contribution >= 0.6 is 0 Å². The van der Waals surface area contributed by atoms with E-state index >= 15 is 0 Å². The van der Waals surface area contributed by atoms with Gasteiger partial charge in [-0.2, -0.15) is 26.3 Å². The third kappa shape index (κ3) is 4.01. The molecule has 1 saturated heterocycles. The third-order valence-electron chi connectivity index (χ3n) is 2.74. The second-order valence-corrected chi connectivity index (χ2v) is 4.26. The highest BCUT2D eigenvalue weighted by Crippen LogP contribution is 2.29. The summed E-state index contributed by atoms with van der Waals surface area (Å²) in [6, 6.07) is -1.79. The number of amides is 1. The summed E-state index contributed by atoms with van der Waals surface area (Å²) in [7, 11) is 0.827. The SMILES string of the molecule is COC(=O)[C@@H]1CC([18O]C(=O)C(F)(F)F)CN1C(=O)C(F)(F)F. The lowest BCUT2D eigenvalue weighted by Gasteiger charge is -2.23. The molecule has 2 atom stereocenters. The molecule has 1 unspecified atom stereocenters. The molecule has 0 N–H and O–H groups in total. The van der Waals surface area contributed by atoms with E-state index in [9.17, 15) is 40.7 Å². The largest absolute Gasteiger partial charge is 0.490 e. The molecule has 0 saturated carbocycles. The van der Waals surface area contributed by atoms with Crippen LogP contribution in [0.2, 0.25) is 0 Å². The first-order valence-electron chi connectivity index (χ1n) is 5.61. The minimum Gasteiger partial charge on any atom is -0.467 e. The normalized spacial score (nSPS) is 22.4. The Morgan fingerprint density at radius 2 is 1.64 bits per heavy atom. The van der Waals surface area contributed by atoms with Gasteiger partial charge in [-0.3, -0.25) is 4.79 Å². The van der Waals surface area contributed by atoms with E-state index < -0.39 is 55.3 Å². The molecular formula is C10H9F6NO5. The Morgan fingerprint density at radius 3 is 2.05 bits per heavy atom. The number of hydrogen-bond acceptors (Lipinski definition) is 5. The molecule has 0 aromatic heterocycles. The van der Waals surface area contributed by atoms with E-state index in [1.54, 1.807) is 0 Å². The van der Waals surface area contributed by atoms with Crippen molar-refractivity contribution in [1.29, 1.82) is 0 Å². The Bertz CT molecular complexity index is 473. The van der Waals surface area contributed by atoms with Crippen LogP contribution in [0.15, 0.2) is 0 Å². The Labute approximate surface area is 118 Å². The van der Waals surface area contributed by atoms with Crippen LogP contribution in [0.4, 0.5) is 26.3 Å². The van der Waals surface area contributed by atoms with Crippen LogP contribution in [0.5, 0.6) is 0 Å². The van der Waals surface area contributed by atoms with Gasteiger partial charge in [-0.25, -0.2) is 9.59 Å². The van der Waals surface area contributed by atoms with Crippen molar-refractivity contribution in [1.82, 2.24) is 4.90 Å². The molecule has 1 aliphatic rings. The first-order chi connectivity index (χ1) is 9.87. The van der Waals surface area contributed by atoms with Crippen molar-refractivity contribution in [3.8, 4) is 0 Å². The molecule has 126 valence electrons. The smallest absolute Gasteiger partial charge is 0.467 e. The molecule has 0 aliphatic carbocycles. The van der Waals surface area contributed by atoms with Crippen LogP contribution in [0.1, 0.15) is 6.42 Å². The molecule has 6 nitrogen and oxygen atoms in total. The number of methoxy groups -OCH3 is 1. The maximum absolute atomic E-state index is 12.4. The number of esters is 2. The summed E-state index contributed by atoms with van der Waals surface area (Å²) in [5.41, 5.74) is 0. The lowest BCUT2D eigenvalue weighted by atomic mass is 10.2. The summed E-state index contributed by atoms with van der Waals surface area (Å²) >= 11 is 0. The van der Waals surface area contributed by atoms with Gasteiger partial charge in [0, 0.05) is 6.42 Å². The molecule has 1 aliphatic heterocycles. The van der Waals surface area contributed by atoms with Crippen molar-refractivity contribution < 1.29 is 50.2 Å². The summed E-state index contributed by atoms with van der Waals surface area (Å²) in [5.74, 6) is -6.32. The van der Waals surface area contributed by atoms with Gasteiger partial charge in [0.2, 0.25) is 0 Å². The zero-order valence-corrected chi connectivity index (χ0v) is 10.8. The minimum atomic E-state index is -5.35. The number of rotatable bonds is 2. The molecule has 0 radical (unpaired) electrons. The van der Waals surface area contributed by atoms with Gasteiger partial charge in [-0.1, -0.05) is 0 Å². The average Bonchev–Trinajstić information content (AvgIpc) is 2.78. The fourth-order valence-corrected chi connectivity index (χ4v) is 1.85. The highest BCUT2D eigenvalue weighted by Gasteiger charge is 2.52. The zero-order valence-electron chi connectivity index (χ0n) is 10.8. The molecule has 0 aromatic rings. The number of nitrogens with zero attached hydrogens (tertiary/aromatic N) is 1. The molecule has 1 amide bonds. The Hall–Kier alpha value is -2.01. The quantitative estimate of drug-likeness (QED) is 0.423. The van der Waals surface area contributed by atoms with Crippen LogP contribution in [0, 0.1) is 0 Å². The van der Waals surface area contributed by atoms with Crippen molar-refractivity contribution >= 4 is 17.8 Å². The fraction of sp³-hybridized carbons (Fsp3) is 0.700. The lowest BCUT2D eigenvalue weighted by Crippen LogP contribution is -2.47. The highest BCUT2D eigenvalue weighted by atomic mass is 19.4. The van der Waals surface area contributed by atoms with E-state index in [2.05, 4.69) is 9.47 Å². The van der Waals surface area contributed by atoms with Gasteiger partial charge in [0.25, 0.3) is 0 Å². The van der Waals surface area contributed by atoms with Crippen molar-refractivity contribution in [2.75, 3.05) is 13.7 Å². The van der Waals surface area contributed by atoms with Gasteiger partial charge in [-0.15, -0.1) is 0 Å². The molecule has 1 rings (SSSR count). The molecule has 12 heteroatoms. The number of ether oxygens (including phenoxy) is 2. The summed E-state index contributed by atoms with van der Waals surface area (Å²) in [4.78, 5) is 33.1. The summed E-state index contributed by atoms with van der Waals surface area (Å²) in [6.07, 6.45) is -13.1. The summed E-state index contributed by atoms with van der Waals surface area (Å²) in [5, 5.41) is 0.